The predicted octanol–water partition coefficient (Wildman–Crippen LogP) is 1.93. The molecule has 0 saturated carbocycles. The highest BCUT2D eigenvalue weighted by atomic mass is 35.5. The van der Waals surface area contributed by atoms with Crippen LogP contribution in [0.15, 0.2) is 29.1 Å². The third kappa shape index (κ3) is 3.74. The highest BCUT2D eigenvalue weighted by molar-refractivity contribution is 5.85. The van der Waals surface area contributed by atoms with Gasteiger partial charge in [0.05, 0.1) is 12.6 Å². The summed E-state index contributed by atoms with van der Waals surface area (Å²) in [5, 5.41) is 1.07. The van der Waals surface area contributed by atoms with Crippen LogP contribution in [0, 0.1) is 0 Å². The molecular formula is C18H26ClN3O2. The lowest BCUT2D eigenvalue weighted by molar-refractivity contribution is 0.215. The van der Waals surface area contributed by atoms with E-state index in [1.807, 2.05) is 25.2 Å². The van der Waals surface area contributed by atoms with Crippen molar-refractivity contribution in [2.24, 2.45) is 12.8 Å². The quantitative estimate of drug-likeness (QED) is 0.914. The van der Waals surface area contributed by atoms with Gasteiger partial charge in [-0.1, -0.05) is 0 Å². The van der Waals surface area contributed by atoms with Crippen molar-refractivity contribution in [3.63, 3.8) is 0 Å². The molecular weight excluding hydrogens is 326 g/mol. The lowest BCUT2D eigenvalue weighted by atomic mass is 10.0. The van der Waals surface area contributed by atoms with E-state index in [4.69, 9.17) is 10.5 Å². The number of piperidine rings is 1. The fourth-order valence-electron chi connectivity index (χ4n) is 3.43. The minimum Gasteiger partial charge on any atom is -0.496 e. The fourth-order valence-corrected chi connectivity index (χ4v) is 3.43. The second kappa shape index (κ2) is 8.01. The van der Waals surface area contributed by atoms with E-state index in [2.05, 4.69) is 4.90 Å². The van der Waals surface area contributed by atoms with Gasteiger partial charge in [-0.05, 0) is 55.9 Å². The van der Waals surface area contributed by atoms with Crippen LogP contribution in [0.3, 0.4) is 0 Å². The number of pyridine rings is 1. The second-order valence-electron chi connectivity index (χ2n) is 6.34. The van der Waals surface area contributed by atoms with Crippen molar-refractivity contribution in [1.82, 2.24) is 9.47 Å². The van der Waals surface area contributed by atoms with Gasteiger partial charge < -0.3 is 19.9 Å². The number of aromatic nitrogens is 1. The Hall–Kier alpha value is -1.56. The van der Waals surface area contributed by atoms with Crippen LogP contribution in [-0.2, 0) is 13.5 Å². The van der Waals surface area contributed by atoms with E-state index in [0.717, 1.165) is 61.1 Å². The number of benzene rings is 1. The van der Waals surface area contributed by atoms with Crippen LogP contribution in [0.1, 0.15) is 18.4 Å². The molecule has 1 aliphatic heterocycles. The number of ether oxygens (including phenoxy) is 1. The Morgan fingerprint density at radius 1 is 1.21 bits per heavy atom. The molecule has 1 aromatic heterocycles. The first-order valence-electron chi connectivity index (χ1n) is 8.23. The molecule has 1 saturated heterocycles. The number of hydrogen-bond acceptors (Lipinski definition) is 4. The molecule has 2 N–H and O–H groups in total. The number of likely N-dealkylation sites (tertiary alicyclic amines) is 1. The van der Waals surface area contributed by atoms with E-state index in [1.54, 1.807) is 17.7 Å². The van der Waals surface area contributed by atoms with Crippen LogP contribution in [0.2, 0.25) is 0 Å². The largest absolute Gasteiger partial charge is 0.496 e. The van der Waals surface area contributed by atoms with Gasteiger partial charge in [-0.25, -0.2) is 0 Å². The van der Waals surface area contributed by atoms with E-state index in [-0.39, 0.29) is 18.0 Å². The van der Waals surface area contributed by atoms with Crippen LogP contribution in [0.25, 0.3) is 10.9 Å². The molecule has 1 aromatic carbocycles. The van der Waals surface area contributed by atoms with E-state index in [9.17, 15) is 4.79 Å². The zero-order chi connectivity index (χ0) is 16.4. The molecule has 1 fully saturated rings. The maximum absolute atomic E-state index is 12.0. The Morgan fingerprint density at radius 2 is 1.88 bits per heavy atom. The molecule has 5 nitrogen and oxygen atoms in total. The first kappa shape index (κ1) is 18.8. The zero-order valence-electron chi connectivity index (χ0n) is 14.3. The number of rotatable bonds is 4. The lowest BCUT2D eigenvalue weighted by Gasteiger charge is -2.30. The normalized spacial score (nSPS) is 16.1. The highest BCUT2D eigenvalue weighted by Gasteiger charge is 2.18. The lowest BCUT2D eigenvalue weighted by Crippen LogP contribution is -2.40. The Morgan fingerprint density at radius 3 is 2.54 bits per heavy atom. The Kier molecular flexibility index (Phi) is 6.27. The molecule has 132 valence electrons. The fraction of sp³-hybridized carbons (Fsp3) is 0.500. The molecule has 3 rings (SSSR count). The summed E-state index contributed by atoms with van der Waals surface area (Å²) in [5.41, 5.74) is 8.07. The van der Waals surface area contributed by atoms with Crippen molar-refractivity contribution in [2.75, 3.05) is 26.7 Å². The monoisotopic (exact) mass is 351 g/mol. The molecule has 6 heteroatoms. The highest BCUT2D eigenvalue weighted by Crippen LogP contribution is 2.27. The third-order valence-electron chi connectivity index (χ3n) is 4.87. The van der Waals surface area contributed by atoms with Gasteiger partial charge in [-0.2, -0.15) is 0 Å². The molecule has 0 unspecified atom stereocenters. The van der Waals surface area contributed by atoms with Gasteiger partial charge in [0.25, 0.3) is 5.56 Å². The minimum absolute atomic E-state index is 0. The van der Waals surface area contributed by atoms with Crippen LogP contribution >= 0.6 is 12.4 Å². The van der Waals surface area contributed by atoms with E-state index in [1.165, 1.54) is 0 Å². The third-order valence-corrected chi connectivity index (χ3v) is 4.87. The molecule has 0 spiro atoms. The van der Waals surface area contributed by atoms with Crippen molar-refractivity contribution in [1.29, 1.82) is 0 Å². The van der Waals surface area contributed by atoms with Crippen molar-refractivity contribution >= 4 is 23.3 Å². The average molecular weight is 352 g/mol. The maximum atomic E-state index is 12.0. The van der Waals surface area contributed by atoms with Gasteiger partial charge in [0.15, 0.2) is 0 Å². The predicted molar refractivity (Wildman–Crippen MR) is 100 cm³/mol. The number of halogens is 1. The molecule has 0 amide bonds. The molecule has 0 aliphatic carbocycles. The molecule has 2 heterocycles. The van der Waals surface area contributed by atoms with E-state index < -0.39 is 0 Å². The van der Waals surface area contributed by atoms with Crippen molar-refractivity contribution in [2.45, 2.75) is 25.3 Å². The Labute approximate surface area is 148 Å². The first-order valence-corrected chi connectivity index (χ1v) is 8.23. The summed E-state index contributed by atoms with van der Waals surface area (Å²) in [7, 11) is 3.51. The SMILES string of the molecule is COc1ccc2ccc(=O)n(C)c2c1CCN1CCC(N)CC1.Cl. The summed E-state index contributed by atoms with van der Waals surface area (Å²) < 4.78 is 7.27. The van der Waals surface area contributed by atoms with Gasteiger partial charge in [-0.15, -0.1) is 12.4 Å². The topological polar surface area (TPSA) is 60.5 Å². The number of methoxy groups -OCH3 is 1. The number of aryl methyl sites for hydroxylation is 1. The van der Waals surface area contributed by atoms with Crippen LogP contribution in [0.5, 0.6) is 5.75 Å². The van der Waals surface area contributed by atoms with Gasteiger partial charge in [0.2, 0.25) is 0 Å². The number of hydrogen-bond donors (Lipinski definition) is 1. The standard InChI is InChI=1S/C18H25N3O2.ClH/c1-20-17(22)6-4-13-3-5-16(23-2)15(18(13)20)9-12-21-10-7-14(19)8-11-21;/h3-6,14H,7-12,19H2,1-2H3;1H. The summed E-state index contributed by atoms with van der Waals surface area (Å²) in [6, 6.07) is 7.86. The Bertz CT molecular complexity index is 752. The van der Waals surface area contributed by atoms with Gasteiger partial charge in [0, 0.05) is 31.3 Å². The summed E-state index contributed by atoms with van der Waals surface area (Å²) in [4.78, 5) is 14.5. The van der Waals surface area contributed by atoms with Crippen molar-refractivity contribution in [3.05, 3.63) is 40.2 Å². The maximum Gasteiger partial charge on any atom is 0.250 e. The summed E-state index contributed by atoms with van der Waals surface area (Å²) >= 11 is 0. The summed E-state index contributed by atoms with van der Waals surface area (Å²) in [6.45, 7) is 3.06. The number of nitrogens with two attached hydrogens (primary N) is 1. The van der Waals surface area contributed by atoms with Crippen molar-refractivity contribution in [3.8, 4) is 5.75 Å². The van der Waals surface area contributed by atoms with Gasteiger partial charge in [0.1, 0.15) is 5.75 Å². The number of fused-ring (bicyclic) bond motifs is 1. The molecule has 0 bridgehead atoms. The van der Waals surface area contributed by atoms with Crippen LogP contribution < -0.4 is 16.0 Å². The van der Waals surface area contributed by atoms with Crippen LogP contribution in [-0.4, -0.2) is 42.3 Å². The molecule has 2 aromatic rings. The minimum atomic E-state index is 0. The van der Waals surface area contributed by atoms with Gasteiger partial charge in [-0.3, -0.25) is 4.79 Å². The van der Waals surface area contributed by atoms with E-state index >= 15 is 0 Å². The van der Waals surface area contributed by atoms with Crippen molar-refractivity contribution < 1.29 is 4.74 Å². The first-order chi connectivity index (χ1) is 11.1. The molecule has 24 heavy (non-hydrogen) atoms. The molecule has 1 aliphatic rings. The molecule has 0 atom stereocenters. The van der Waals surface area contributed by atoms with Gasteiger partial charge >= 0.3 is 0 Å². The molecule has 0 radical (unpaired) electrons. The average Bonchev–Trinajstić information content (AvgIpc) is 2.57. The summed E-state index contributed by atoms with van der Waals surface area (Å²) in [5.74, 6) is 0.854. The van der Waals surface area contributed by atoms with Crippen LogP contribution in [0.4, 0.5) is 0 Å². The number of nitrogens with zero attached hydrogens (tertiary/aromatic N) is 2. The smallest absolute Gasteiger partial charge is 0.250 e. The summed E-state index contributed by atoms with van der Waals surface area (Å²) in [6.07, 6.45) is 2.99. The Balaban J connectivity index is 0.00000208. The zero-order valence-corrected chi connectivity index (χ0v) is 15.1. The second-order valence-corrected chi connectivity index (χ2v) is 6.34. The van der Waals surface area contributed by atoms with E-state index in [0.29, 0.717) is 6.04 Å².